The first-order chi connectivity index (χ1) is 9.10. The predicted molar refractivity (Wildman–Crippen MR) is 82.3 cm³/mol. The molecule has 19 heavy (non-hydrogen) atoms. The Balaban J connectivity index is 2.24. The molecule has 0 unspecified atom stereocenters. The third kappa shape index (κ3) is 3.44. The third-order valence-electron chi connectivity index (χ3n) is 3.49. The van der Waals surface area contributed by atoms with Crippen LogP contribution < -0.4 is 0 Å². The third-order valence-corrected chi connectivity index (χ3v) is 3.49. The predicted octanol–water partition coefficient (Wildman–Crippen LogP) is 4.82. The molecule has 1 nitrogen and oxygen atoms in total. The van der Waals surface area contributed by atoms with Crippen molar-refractivity contribution < 1.29 is 0 Å². The van der Waals surface area contributed by atoms with Gasteiger partial charge < -0.3 is 0 Å². The van der Waals surface area contributed by atoms with Crippen LogP contribution in [0, 0.1) is 12.8 Å². The number of benzene rings is 1. The average Bonchev–Trinajstić information content (AvgIpc) is 2.39. The second kappa shape index (κ2) is 6.01. The highest BCUT2D eigenvalue weighted by molar-refractivity contribution is 5.60. The van der Waals surface area contributed by atoms with Gasteiger partial charge in [0.15, 0.2) is 0 Å². The highest BCUT2D eigenvalue weighted by Crippen LogP contribution is 2.21. The standard InChI is InChI=1S/C18H23N/c1-5-16-12-19-18(11-14(16)4)17-8-6-15(7-9-17)10-13(2)3/h6-9,11-13H,5,10H2,1-4H3. The summed E-state index contributed by atoms with van der Waals surface area (Å²) < 4.78 is 0. The zero-order chi connectivity index (χ0) is 13.8. The Kier molecular flexibility index (Phi) is 4.36. The first-order valence-electron chi connectivity index (χ1n) is 7.15. The van der Waals surface area contributed by atoms with Crippen molar-refractivity contribution in [3.63, 3.8) is 0 Å². The summed E-state index contributed by atoms with van der Waals surface area (Å²) in [7, 11) is 0. The number of aryl methyl sites for hydroxylation is 2. The summed E-state index contributed by atoms with van der Waals surface area (Å²) in [5.74, 6) is 0.704. The maximum Gasteiger partial charge on any atom is 0.0704 e. The fraction of sp³-hybridized carbons (Fsp3) is 0.389. The molecule has 0 atom stereocenters. The second-order valence-corrected chi connectivity index (χ2v) is 5.64. The molecule has 2 rings (SSSR count). The molecular formula is C18H23N. The Morgan fingerprint density at radius 1 is 1.11 bits per heavy atom. The van der Waals surface area contributed by atoms with Crippen molar-refractivity contribution in [2.45, 2.75) is 40.5 Å². The van der Waals surface area contributed by atoms with Crippen LogP contribution in [0.1, 0.15) is 37.5 Å². The van der Waals surface area contributed by atoms with Crippen LogP contribution in [0.2, 0.25) is 0 Å². The first kappa shape index (κ1) is 13.8. The van der Waals surface area contributed by atoms with Crippen molar-refractivity contribution in [2.75, 3.05) is 0 Å². The van der Waals surface area contributed by atoms with E-state index in [0.717, 1.165) is 18.5 Å². The van der Waals surface area contributed by atoms with E-state index in [2.05, 4.69) is 63.0 Å². The lowest BCUT2D eigenvalue weighted by Crippen LogP contribution is -1.94. The molecule has 0 saturated carbocycles. The molecule has 0 bridgehead atoms. The average molecular weight is 253 g/mol. The summed E-state index contributed by atoms with van der Waals surface area (Å²) in [5.41, 5.74) is 6.35. The van der Waals surface area contributed by atoms with Gasteiger partial charge in [0, 0.05) is 11.8 Å². The van der Waals surface area contributed by atoms with Crippen LogP contribution in [0.4, 0.5) is 0 Å². The van der Waals surface area contributed by atoms with Crippen LogP contribution in [-0.2, 0) is 12.8 Å². The second-order valence-electron chi connectivity index (χ2n) is 5.64. The van der Waals surface area contributed by atoms with Gasteiger partial charge in [-0.25, -0.2) is 0 Å². The van der Waals surface area contributed by atoms with Gasteiger partial charge in [-0.05, 0) is 48.4 Å². The molecule has 0 aliphatic carbocycles. The Morgan fingerprint density at radius 3 is 2.32 bits per heavy atom. The molecule has 0 amide bonds. The quantitative estimate of drug-likeness (QED) is 0.761. The molecule has 0 N–H and O–H groups in total. The lowest BCUT2D eigenvalue weighted by atomic mass is 10.00. The molecule has 0 aliphatic rings. The van der Waals surface area contributed by atoms with Gasteiger partial charge in [-0.15, -0.1) is 0 Å². The van der Waals surface area contributed by atoms with Crippen molar-refractivity contribution >= 4 is 0 Å². The summed E-state index contributed by atoms with van der Waals surface area (Å²) in [4.78, 5) is 4.57. The topological polar surface area (TPSA) is 12.9 Å². The smallest absolute Gasteiger partial charge is 0.0704 e. The molecule has 0 spiro atoms. The number of pyridine rings is 1. The van der Waals surface area contributed by atoms with Crippen molar-refractivity contribution in [3.05, 3.63) is 53.2 Å². The van der Waals surface area contributed by atoms with E-state index in [1.165, 1.54) is 22.3 Å². The maximum absolute atomic E-state index is 4.57. The summed E-state index contributed by atoms with van der Waals surface area (Å²) in [6.45, 7) is 8.84. The van der Waals surface area contributed by atoms with E-state index in [0.29, 0.717) is 5.92 Å². The number of nitrogens with zero attached hydrogens (tertiary/aromatic N) is 1. The summed E-state index contributed by atoms with van der Waals surface area (Å²) in [6, 6.07) is 11.0. The lowest BCUT2D eigenvalue weighted by molar-refractivity contribution is 0.647. The molecule has 0 aliphatic heterocycles. The van der Waals surface area contributed by atoms with Gasteiger partial charge in [-0.2, -0.15) is 0 Å². The molecular weight excluding hydrogens is 230 g/mol. The molecule has 0 saturated heterocycles. The van der Waals surface area contributed by atoms with Crippen molar-refractivity contribution in [3.8, 4) is 11.3 Å². The van der Waals surface area contributed by atoms with Gasteiger partial charge in [0.25, 0.3) is 0 Å². The normalized spacial score (nSPS) is 11.0. The molecule has 0 fully saturated rings. The SMILES string of the molecule is CCc1cnc(-c2ccc(CC(C)C)cc2)cc1C. The summed E-state index contributed by atoms with van der Waals surface area (Å²) >= 11 is 0. The van der Waals surface area contributed by atoms with E-state index in [-0.39, 0.29) is 0 Å². The monoisotopic (exact) mass is 253 g/mol. The molecule has 1 aromatic heterocycles. The number of hydrogen-bond donors (Lipinski definition) is 0. The highest BCUT2D eigenvalue weighted by atomic mass is 14.7. The van der Waals surface area contributed by atoms with E-state index < -0.39 is 0 Å². The van der Waals surface area contributed by atoms with Crippen LogP contribution in [-0.4, -0.2) is 4.98 Å². The fourth-order valence-electron chi connectivity index (χ4n) is 2.40. The van der Waals surface area contributed by atoms with Gasteiger partial charge in [-0.1, -0.05) is 45.0 Å². The molecule has 1 heteroatoms. The van der Waals surface area contributed by atoms with Gasteiger partial charge in [0.1, 0.15) is 0 Å². The van der Waals surface area contributed by atoms with Gasteiger partial charge >= 0.3 is 0 Å². The zero-order valence-electron chi connectivity index (χ0n) is 12.4. The minimum absolute atomic E-state index is 0.704. The minimum atomic E-state index is 0.704. The highest BCUT2D eigenvalue weighted by Gasteiger charge is 2.04. The molecule has 100 valence electrons. The van der Waals surface area contributed by atoms with Crippen molar-refractivity contribution in [1.29, 1.82) is 0 Å². The number of hydrogen-bond acceptors (Lipinski definition) is 1. The summed E-state index contributed by atoms with van der Waals surface area (Å²) in [5, 5.41) is 0. The lowest BCUT2D eigenvalue weighted by Gasteiger charge is -2.08. The van der Waals surface area contributed by atoms with E-state index in [9.17, 15) is 0 Å². The summed E-state index contributed by atoms with van der Waals surface area (Å²) in [6.07, 6.45) is 4.20. The van der Waals surface area contributed by atoms with E-state index in [4.69, 9.17) is 0 Å². The minimum Gasteiger partial charge on any atom is -0.256 e. The van der Waals surface area contributed by atoms with E-state index in [1.807, 2.05) is 6.20 Å². The Labute approximate surface area is 116 Å². The van der Waals surface area contributed by atoms with E-state index >= 15 is 0 Å². The van der Waals surface area contributed by atoms with Crippen LogP contribution in [0.25, 0.3) is 11.3 Å². The fourth-order valence-corrected chi connectivity index (χ4v) is 2.40. The van der Waals surface area contributed by atoms with Gasteiger partial charge in [0.2, 0.25) is 0 Å². The number of aromatic nitrogens is 1. The largest absolute Gasteiger partial charge is 0.256 e. The van der Waals surface area contributed by atoms with Crippen LogP contribution >= 0.6 is 0 Å². The van der Waals surface area contributed by atoms with Gasteiger partial charge in [0.05, 0.1) is 5.69 Å². The first-order valence-corrected chi connectivity index (χ1v) is 7.15. The van der Waals surface area contributed by atoms with Crippen LogP contribution in [0.5, 0.6) is 0 Å². The molecule has 0 radical (unpaired) electrons. The molecule has 1 aromatic carbocycles. The Hall–Kier alpha value is -1.63. The van der Waals surface area contributed by atoms with Crippen molar-refractivity contribution in [2.24, 2.45) is 5.92 Å². The van der Waals surface area contributed by atoms with Gasteiger partial charge in [-0.3, -0.25) is 4.98 Å². The Bertz CT molecular complexity index is 538. The van der Waals surface area contributed by atoms with E-state index in [1.54, 1.807) is 0 Å². The molecule has 2 aromatic rings. The Morgan fingerprint density at radius 2 is 1.79 bits per heavy atom. The van der Waals surface area contributed by atoms with Crippen LogP contribution in [0.3, 0.4) is 0 Å². The zero-order valence-corrected chi connectivity index (χ0v) is 12.4. The van der Waals surface area contributed by atoms with Crippen molar-refractivity contribution in [1.82, 2.24) is 4.98 Å². The molecule has 1 heterocycles. The maximum atomic E-state index is 4.57. The number of rotatable bonds is 4. The van der Waals surface area contributed by atoms with Crippen LogP contribution in [0.15, 0.2) is 36.5 Å².